The first-order valence-electron chi connectivity index (χ1n) is 49.9. The van der Waals surface area contributed by atoms with E-state index in [4.69, 9.17) is 0 Å². The van der Waals surface area contributed by atoms with Crippen molar-refractivity contribution in [1.82, 2.24) is 0 Å². The van der Waals surface area contributed by atoms with Gasteiger partial charge in [-0.2, -0.15) is 0 Å². The zero-order valence-corrected chi connectivity index (χ0v) is 79.3. The van der Waals surface area contributed by atoms with Crippen LogP contribution in [-0.4, -0.2) is 0 Å². The van der Waals surface area contributed by atoms with Gasteiger partial charge >= 0.3 is 0 Å². The van der Waals surface area contributed by atoms with Crippen molar-refractivity contribution in [2.24, 2.45) is 0 Å². The van der Waals surface area contributed by atoms with Crippen LogP contribution in [0.1, 0.15) is 0 Å². The molecule has 0 aliphatic rings. The SMILES string of the molecule is c1ccc(-c2ccc(-c3c4ccccc4c(-c4ccc5ccccc5c4)c4ccccc34)cc2)cc1.c1ccc(-c2ccccc2-c2c3ccccc3c(-c3ccc4ccccc4c3)c3ccccc23)cc1.c1ccc2cc(-c3c4ccccc4c(-c4cc5ccccc5c5ccccc45)c4ccccc34)ccc2c1.c1ccc2cc(-c3c4ccccc4c(-c4ccc5ccccc5c4)c4ccccc34)ccc2c1. The molecule has 0 radical (unpaired) electrons. The molecule has 29 aromatic carbocycles. The molecule has 0 amide bonds. The van der Waals surface area contributed by atoms with Gasteiger partial charge in [-0.3, -0.25) is 0 Å². The van der Waals surface area contributed by atoms with Gasteiger partial charge < -0.3 is 0 Å². The van der Waals surface area contributed by atoms with Crippen molar-refractivity contribution in [2.45, 2.75) is 0 Å². The second kappa shape index (κ2) is 37.2. The fourth-order valence-corrected chi connectivity index (χ4v) is 23.0. The summed E-state index contributed by atoms with van der Waals surface area (Å²) in [6, 6.07) is 207. The topological polar surface area (TPSA) is 0 Å². The Kier molecular flexibility index (Phi) is 22.1. The summed E-state index contributed by atoms with van der Waals surface area (Å²) < 4.78 is 0. The van der Waals surface area contributed by atoms with Crippen LogP contribution in [0.5, 0.6) is 0 Å². The standard InChI is InChI=1S/C38H24.2C36H24.C34H22/c1-2-12-26-23-28(22-21-25(26)11-1)37-32-17-7-9-19-34(32)38(35-20-10-8-18-33(35)37)36-24-27-13-3-4-14-29(27)30-15-5-6-16-31(30)36;1-2-10-25(11-3-1)27-18-21-28(22-19-27)35-31-14-6-8-16-33(31)36(34-17-9-7-15-32(34)35)30-23-20-26-12-4-5-13-29(26)24-30;1-2-13-26(14-3-1)29-16-6-7-17-30(29)36-33-20-10-8-18-31(33)35(32-19-9-11-21-34(32)36)28-23-22-25-12-4-5-15-27(25)24-28;1-3-11-25-21-27(19-17-23(25)9-1)33-29-13-5-7-15-31(29)34(32-16-8-6-14-30(32)33)28-20-18-24-10-2-4-12-26(24)22-28/h1-24H;2*1-24H;1-22H. The van der Waals surface area contributed by atoms with Crippen molar-refractivity contribution in [2.75, 3.05) is 0 Å². The van der Waals surface area contributed by atoms with Gasteiger partial charge in [0.2, 0.25) is 0 Å². The summed E-state index contributed by atoms with van der Waals surface area (Å²) in [7, 11) is 0. The predicted molar refractivity (Wildman–Crippen MR) is 623 cm³/mol. The summed E-state index contributed by atoms with van der Waals surface area (Å²) in [4.78, 5) is 0. The summed E-state index contributed by atoms with van der Waals surface area (Å²) in [5, 5.41) is 38.4. The van der Waals surface area contributed by atoms with Crippen LogP contribution in [0.15, 0.2) is 570 Å². The first kappa shape index (κ1) is 85.7. The third-order valence-corrected chi connectivity index (χ3v) is 29.5. The molecular weight excluding hydrogens is 1730 g/mol. The van der Waals surface area contributed by atoms with Gasteiger partial charge in [0.1, 0.15) is 0 Å². The first-order valence-corrected chi connectivity index (χ1v) is 49.9. The molecule has 0 spiro atoms. The van der Waals surface area contributed by atoms with Crippen LogP contribution in [0, 0.1) is 0 Å². The highest BCUT2D eigenvalue weighted by atomic mass is 14.3. The van der Waals surface area contributed by atoms with Gasteiger partial charge in [0, 0.05) is 0 Å². The molecule has 0 bridgehead atoms. The van der Waals surface area contributed by atoms with Crippen LogP contribution in [0.4, 0.5) is 0 Å². The number of rotatable bonds is 10. The molecule has 670 valence electrons. The minimum Gasteiger partial charge on any atom is -0.0622 e. The van der Waals surface area contributed by atoms with Gasteiger partial charge in [0.05, 0.1) is 0 Å². The molecule has 0 saturated heterocycles. The molecule has 0 unspecified atom stereocenters. The predicted octanol–water partition coefficient (Wildman–Crippen LogP) is 40.7. The Bertz CT molecular complexity index is 9720. The fraction of sp³-hybridized carbons (Fsp3) is 0. The minimum atomic E-state index is 1.24. The first-order chi connectivity index (χ1) is 71.5. The van der Waals surface area contributed by atoms with Crippen molar-refractivity contribution in [1.29, 1.82) is 0 Å². The van der Waals surface area contributed by atoms with Crippen molar-refractivity contribution in [3.63, 3.8) is 0 Å². The smallest absolute Gasteiger partial charge is 0.00199 e. The maximum absolute atomic E-state index is 2.39. The van der Waals surface area contributed by atoms with Crippen LogP contribution in [0.25, 0.3) is 273 Å². The summed E-state index contributed by atoms with van der Waals surface area (Å²) in [5.41, 5.74) is 25.5. The van der Waals surface area contributed by atoms with Gasteiger partial charge in [-0.25, -0.2) is 0 Å². The summed E-state index contributed by atoms with van der Waals surface area (Å²) >= 11 is 0. The summed E-state index contributed by atoms with van der Waals surface area (Å²) in [6.07, 6.45) is 0. The van der Waals surface area contributed by atoms with Crippen LogP contribution < -0.4 is 0 Å². The molecule has 0 aromatic heterocycles. The van der Waals surface area contributed by atoms with E-state index in [0.717, 1.165) is 0 Å². The molecule has 29 rings (SSSR count). The van der Waals surface area contributed by atoms with E-state index in [9.17, 15) is 0 Å². The van der Waals surface area contributed by atoms with Gasteiger partial charge in [-0.1, -0.05) is 534 Å². The van der Waals surface area contributed by atoms with E-state index < -0.39 is 0 Å². The molecule has 0 aliphatic heterocycles. The van der Waals surface area contributed by atoms with Crippen LogP contribution in [-0.2, 0) is 0 Å². The van der Waals surface area contributed by atoms with Crippen LogP contribution >= 0.6 is 0 Å². The molecule has 0 N–H and O–H groups in total. The molecular formula is C144H94. The normalized spacial score (nSPS) is 11.5. The third kappa shape index (κ3) is 15.6. The van der Waals surface area contributed by atoms with Gasteiger partial charge in [-0.05, 0) is 309 Å². The highest BCUT2D eigenvalue weighted by molar-refractivity contribution is 6.29. The van der Waals surface area contributed by atoms with E-state index in [1.165, 1.54) is 273 Å². The van der Waals surface area contributed by atoms with Crippen molar-refractivity contribution in [3.05, 3.63) is 570 Å². The Labute approximate surface area is 836 Å². The average Bonchev–Trinajstić information content (AvgIpc) is 0.714. The maximum atomic E-state index is 2.39. The Morgan fingerprint density at radius 3 is 0.542 bits per heavy atom. The molecule has 0 atom stereocenters. The molecule has 29 aromatic rings. The average molecular weight is 1820 g/mol. The zero-order valence-electron chi connectivity index (χ0n) is 79.3. The largest absolute Gasteiger partial charge is 0.0622 e. The maximum Gasteiger partial charge on any atom is -0.00199 e. The van der Waals surface area contributed by atoms with Crippen LogP contribution in [0.3, 0.4) is 0 Å². The molecule has 0 heteroatoms. The van der Waals surface area contributed by atoms with E-state index in [1.54, 1.807) is 0 Å². The molecule has 0 aliphatic carbocycles. The number of benzene rings is 29. The highest BCUT2D eigenvalue weighted by Gasteiger charge is 2.25. The number of hydrogen-bond donors (Lipinski definition) is 0. The molecule has 0 heterocycles. The second-order valence-electron chi connectivity index (χ2n) is 37.7. The van der Waals surface area contributed by atoms with Gasteiger partial charge in [0.25, 0.3) is 0 Å². The lowest BCUT2D eigenvalue weighted by Crippen LogP contribution is -1.92. The van der Waals surface area contributed by atoms with Gasteiger partial charge in [0.15, 0.2) is 0 Å². The molecule has 0 nitrogen and oxygen atoms in total. The van der Waals surface area contributed by atoms with Crippen molar-refractivity contribution < 1.29 is 0 Å². The third-order valence-electron chi connectivity index (χ3n) is 29.5. The van der Waals surface area contributed by atoms with Crippen LogP contribution in [0.2, 0.25) is 0 Å². The van der Waals surface area contributed by atoms with Crippen molar-refractivity contribution in [3.8, 4) is 111 Å². The Morgan fingerprint density at radius 2 is 0.250 bits per heavy atom. The fourth-order valence-electron chi connectivity index (χ4n) is 23.0. The zero-order chi connectivity index (χ0) is 95.3. The second-order valence-corrected chi connectivity index (χ2v) is 37.7. The summed E-state index contributed by atoms with van der Waals surface area (Å²) in [5.74, 6) is 0. The Morgan fingerprint density at radius 1 is 0.0694 bits per heavy atom. The van der Waals surface area contributed by atoms with Crippen molar-refractivity contribution >= 4 is 162 Å². The van der Waals surface area contributed by atoms with E-state index >= 15 is 0 Å². The number of fused-ring (bicyclic) bond motifs is 16. The quantitative estimate of drug-likeness (QED) is 0.0946. The lowest BCUT2D eigenvalue weighted by molar-refractivity contribution is 1.61. The molecule has 0 saturated carbocycles. The Hall–Kier alpha value is -18.7. The monoisotopic (exact) mass is 1820 g/mol. The van der Waals surface area contributed by atoms with Gasteiger partial charge in [-0.15, -0.1) is 0 Å². The molecule has 0 fully saturated rings. The van der Waals surface area contributed by atoms with E-state index in [-0.39, 0.29) is 0 Å². The highest BCUT2D eigenvalue weighted by Crippen LogP contribution is 2.52. The lowest BCUT2D eigenvalue weighted by atomic mass is 9.83. The van der Waals surface area contributed by atoms with E-state index in [2.05, 4.69) is 570 Å². The summed E-state index contributed by atoms with van der Waals surface area (Å²) in [6.45, 7) is 0. The lowest BCUT2D eigenvalue weighted by Gasteiger charge is -2.20. The molecule has 144 heavy (non-hydrogen) atoms. The number of hydrogen-bond acceptors (Lipinski definition) is 0. The Balaban J connectivity index is 0.0000000980. The minimum absolute atomic E-state index is 1.24. The van der Waals surface area contributed by atoms with E-state index in [1.807, 2.05) is 0 Å². The van der Waals surface area contributed by atoms with E-state index in [0.29, 0.717) is 0 Å².